The lowest BCUT2D eigenvalue weighted by molar-refractivity contribution is -0.119. The van der Waals surface area contributed by atoms with E-state index in [0.29, 0.717) is 112 Å². The number of carbonyl (C=O) groups excluding carboxylic acids is 1. The number of amides is 1. The van der Waals surface area contributed by atoms with Gasteiger partial charge in [-0.2, -0.15) is 34.1 Å². The zero-order valence-corrected chi connectivity index (χ0v) is 61.7. The van der Waals surface area contributed by atoms with Gasteiger partial charge in [-0.15, -0.1) is 0 Å². The minimum absolute atomic E-state index is 0.0143. The van der Waals surface area contributed by atoms with Crippen LogP contribution in [0, 0.1) is 0 Å². The van der Waals surface area contributed by atoms with Crippen LogP contribution in [-0.2, 0) is 41.3 Å². The van der Waals surface area contributed by atoms with E-state index in [1.165, 1.54) is 44.8 Å². The summed E-state index contributed by atoms with van der Waals surface area (Å²) < 4.78 is 85.5. The van der Waals surface area contributed by atoms with E-state index in [-0.39, 0.29) is 12.0 Å². The summed E-state index contributed by atoms with van der Waals surface area (Å²) in [5.41, 5.74) is 11.3. The molecule has 1 amide bonds. The van der Waals surface area contributed by atoms with Crippen molar-refractivity contribution < 1.29 is 39.2 Å². The highest BCUT2D eigenvalue weighted by Gasteiger charge is 2.30. The molecule has 0 bridgehead atoms. The van der Waals surface area contributed by atoms with Gasteiger partial charge in [0.25, 0.3) is 0 Å². The van der Waals surface area contributed by atoms with E-state index in [2.05, 4.69) is 107 Å². The van der Waals surface area contributed by atoms with Gasteiger partial charge in [0.15, 0.2) is 0 Å². The number of aromatic amines is 5. The number of fused-ring (bicyclic) bond motifs is 5. The Morgan fingerprint density at radius 1 is 0.554 bits per heavy atom. The molecule has 4 aliphatic rings. The van der Waals surface area contributed by atoms with Gasteiger partial charge in [0.1, 0.15) is 18.1 Å². The Kier molecular flexibility index (Phi) is 24.1. The van der Waals surface area contributed by atoms with E-state index in [4.69, 9.17) is 44.0 Å². The second kappa shape index (κ2) is 32.9. The maximum absolute atomic E-state index is 11.7. The summed E-state index contributed by atoms with van der Waals surface area (Å²) in [6.45, 7) is 11.1. The number of rotatable bonds is 15. The molecular formula is C67H84Cl3N19O9S3. The molecule has 3 saturated heterocycles. The molecule has 28 nitrogen and oxygen atoms in total. The molecule has 5 aromatic carbocycles. The third-order valence-electron chi connectivity index (χ3n) is 18.3. The highest BCUT2D eigenvalue weighted by atomic mass is 35.5. The number of oxazole rings is 1. The molecule has 4 fully saturated rings. The van der Waals surface area contributed by atoms with E-state index in [1.54, 1.807) is 48.1 Å². The van der Waals surface area contributed by atoms with E-state index >= 15 is 0 Å². The number of nitrogens with zero attached hydrogens (tertiary/aromatic N) is 11. The number of benzene rings is 5. The maximum Gasteiger partial charge on any atom is 0.226 e. The van der Waals surface area contributed by atoms with Gasteiger partial charge in [0.05, 0.1) is 88.9 Å². The number of sulfonamides is 3. The van der Waals surface area contributed by atoms with Crippen molar-refractivity contribution in [3.8, 4) is 17.2 Å². The normalized spacial score (nSPS) is 17.6. The number of nitrogens with one attached hydrogen (secondary N) is 8. The molecule has 8 N–H and O–H groups in total. The molecule has 34 heteroatoms. The largest absolute Gasteiger partial charge is 0.490 e. The lowest BCUT2D eigenvalue weighted by Crippen LogP contribution is -2.48. The molecule has 9 heterocycles. The number of halogens is 3. The Balaban J connectivity index is 0.000000128. The first kappa shape index (κ1) is 74.1. The summed E-state index contributed by atoms with van der Waals surface area (Å²) in [7, 11) is -7.42. The number of piperazine rings is 2. The number of likely N-dealkylation sites (N-methyl/N-ethyl adjacent to an activating group) is 1. The third kappa shape index (κ3) is 19.0. The Hall–Kier alpha value is -8.11. The molecule has 6 aromatic heterocycles. The molecule has 0 spiro atoms. The number of hydrogen-bond acceptors (Lipinski definition) is 19. The van der Waals surface area contributed by atoms with Crippen molar-refractivity contribution >= 4 is 142 Å². The van der Waals surface area contributed by atoms with E-state index in [9.17, 15) is 30.0 Å². The van der Waals surface area contributed by atoms with Gasteiger partial charge >= 0.3 is 0 Å². The number of ether oxygens (including phenoxy) is 1. The van der Waals surface area contributed by atoms with Gasteiger partial charge in [0.2, 0.25) is 41.9 Å². The van der Waals surface area contributed by atoms with Crippen LogP contribution >= 0.6 is 34.8 Å². The molecule has 11 aromatic rings. The van der Waals surface area contributed by atoms with Gasteiger partial charge in [-0.25, -0.2) is 34.5 Å². The Morgan fingerprint density at radius 3 is 1.55 bits per heavy atom. The highest BCUT2D eigenvalue weighted by molar-refractivity contribution is 7.88. The lowest BCUT2D eigenvalue weighted by atomic mass is 9.80. The molecule has 0 atom stereocenters. The number of anilines is 3. The maximum atomic E-state index is 11.7. The second-order valence-corrected chi connectivity index (χ2v) is 32.6. The Bertz CT molecular complexity index is 4960. The zero-order chi connectivity index (χ0) is 71.6. The summed E-state index contributed by atoms with van der Waals surface area (Å²) in [6, 6.07) is 19.9. The van der Waals surface area contributed by atoms with Crippen molar-refractivity contribution in [2.24, 2.45) is 0 Å². The molecule has 540 valence electrons. The number of aromatic nitrogens is 11. The second-order valence-electron chi connectivity index (χ2n) is 25.4. The van der Waals surface area contributed by atoms with Crippen molar-refractivity contribution in [3.05, 3.63) is 130 Å². The molecule has 15 rings (SSSR count). The van der Waals surface area contributed by atoms with Crippen LogP contribution in [-0.4, -0.2) is 217 Å². The van der Waals surface area contributed by atoms with Crippen molar-refractivity contribution in [2.45, 2.75) is 76.9 Å². The van der Waals surface area contributed by atoms with E-state index in [0.717, 1.165) is 127 Å². The molecule has 3 aliphatic heterocycles. The average Bonchev–Trinajstić information content (AvgIpc) is 1.77. The van der Waals surface area contributed by atoms with Crippen LogP contribution in [0.25, 0.3) is 66.0 Å². The van der Waals surface area contributed by atoms with Crippen LogP contribution in [0.15, 0.2) is 109 Å². The standard InChI is InChI=1S/C15H18ClN3O.C15H17N5O3S.C14H20N4O2S.C13H16ClN3O3S.C10H13ClN4/c1-9(20)18-12-4-2-10(3-5-12)13-6-11(16)7-15-14(13)8-17-19-15;1-24(21,22)20-5-3-19(4-6-20)14-9-11(15-16-2-7-23-15)8-13-12(14)10-17-18-13;1-3-11-8-13-12(10-15-16-13)14(9-11)17-4-6-18(7-5-17)21(2,19)20;1-21(18,19)17-4-2-10(3-5-17)20-13-7-9(14)6-12-11(13)8-15-16-12;1-12-2-3-13-9-4-7(11)5-10-8(9)6-14-15-10/h6-8,10,12H,2-5H2,1H3,(H,17,19)(H,18,20);2,7-10H,3-6H2,1H3,(H,17,18);8-10H,3-7H2,1-2H3,(H,15,16);6-8,10H,2-5H2,1H3,(H,15,16);4-6,12-13H,2-3H2,1H3,(H,14,15). The first-order valence-corrected chi connectivity index (χ1v) is 39.9. The molecule has 1 saturated carbocycles. The summed E-state index contributed by atoms with van der Waals surface area (Å²) in [5.74, 6) is 1.79. The van der Waals surface area contributed by atoms with Crippen molar-refractivity contribution in [2.75, 3.05) is 119 Å². The molecule has 0 unspecified atom stereocenters. The smallest absolute Gasteiger partial charge is 0.226 e. The summed E-state index contributed by atoms with van der Waals surface area (Å²) >= 11 is 18.2. The molecular weight excluding hydrogens is 1420 g/mol. The van der Waals surface area contributed by atoms with E-state index in [1.807, 2.05) is 49.8 Å². The first-order chi connectivity index (χ1) is 48.4. The first-order valence-electron chi connectivity index (χ1n) is 33.3. The monoisotopic (exact) mass is 1500 g/mol. The predicted molar refractivity (Wildman–Crippen MR) is 399 cm³/mol. The van der Waals surface area contributed by atoms with E-state index < -0.39 is 30.1 Å². The van der Waals surface area contributed by atoms with Gasteiger partial charge in [-0.1, -0.05) is 41.7 Å². The van der Waals surface area contributed by atoms with Gasteiger partial charge in [0, 0.05) is 151 Å². The lowest BCUT2D eigenvalue weighted by Gasteiger charge is -2.35. The van der Waals surface area contributed by atoms with Crippen molar-refractivity contribution in [1.82, 2.24) is 79.5 Å². The number of H-pyrrole nitrogens is 5. The van der Waals surface area contributed by atoms with Crippen molar-refractivity contribution in [1.29, 1.82) is 0 Å². The minimum atomic E-state index is -3.14. The third-order valence-corrected chi connectivity index (χ3v) is 22.9. The van der Waals surface area contributed by atoms with Crippen LogP contribution < -0.4 is 30.5 Å². The number of hydrogen-bond donors (Lipinski definition) is 8. The van der Waals surface area contributed by atoms with Gasteiger partial charge < -0.3 is 34.9 Å². The number of piperidine rings is 1. The number of carbonyl (C=O) groups is 1. The summed E-state index contributed by atoms with van der Waals surface area (Å²) in [5, 5.41) is 51.7. The predicted octanol–water partition coefficient (Wildman–Crippen LogP) is 9.75. The topological polar surface area (TPSA) is 350 Å². The minimum Gasteiger partial charge on any atom is -0.490 e. The summed E-state index contributed by atoms with van der Waals surface area (Å²) in [4.78, 5) is 19.7. The highest BCUT2D eigenvalue weighted by Crippen LogP contribution is 2.39. The fourth-order valence-electron chi connectivity index (χ4n) is 13.1. The number of aryl methyl sites for hydroxylation is 1. The summed E-state index contributed by atoms with van der Waals surface area (Å²) in [6.07, 6.45) is 22.4. The average molecular weight is 1500 g/mol. The molecule has 0 radical (unpaired) electrons. The van der Waals surface area contributed by atoms with Crippen LogP contribution in [0.5, 0.6) is 5.75 Å². The quantitative estimate of drug-likeness (QED) is 0.0442. The SMILES string of the molecule is CC(=O)NC1CCC(c2cc(Cl)cc3[nH]ncc23)CC1.CCc1cc(N2CCN(S(C)(=O)=O)CC2)c2cn[nH]c2c1.CNCCNc1cc(Cl)cc2[nH]ncc12.CS(=O)(=O)N1CCC(Oc2cc(Cl)cc3[nH]ncc23)CC1.CS(=O)(=O)N1CCN(c2cc(-c3ncco3)cc3[nH]ncc23)CC1. The Labute approximate surface area is 601 Å². The molecule has 101 heavy (non-hydrogen) atoms. The Morgan fingerprint density at radius 2 is 1.03 bits per heavy atom. The molecule has 1 aliphatic carbocycles. The fourth-order valence-corrected chi connectivity index (χ4v) is 16.3. The van der Waals surface area contributed by atoms with Crippen LogP contribution in [0.1, 0.15) is 69.4 Å². The fraction of sp³-hybridized carbons (Fsp3) is 0.418. The van der Waals surface area contributed by atoms with Crippen LogP contribution in [0.3, 0.4) is 0 Å². The van der Waals surface area contributed by atoms with Gasteiger partial charge in [-0.05, 0) is 130 Å². The van der Waals surface area contributed by atoms with Crippen molar-refractivity contribution in [3.63, 3.8) is 0 Å². The zero-order valence-electron chi connectivity index (χ0n) is 56.9. The van der Waals surface area contributed by atoms with Crippen LogP contribution in [0.2, 0.25) is 15.1 Å². The van der Waals surface area contributed by atoms with Gasteiger partial charge in [-0.3, -0.25) is 30.3 Å². The van der Waals surface area contributed by atoms with Crippen LogP contribution in [0.4, 0.5) is 17.1 Å².